The van der Waals surface area contributed by atoms with Crippen molar-refractivity contribution in [1.29, 1.82) is 5.26 Å². The maximum Gasteiger partial charge on any atom is 0.335 e. The highest BCUT2D eigenvalue weighted by Crippen LogP contribution is 2.31. The van der Waals surface area contributed by atoms with E-state index < -0.39 is 11.8 Å². The maximum atomic E-state index is 14.3. The fourth-order valence-electron chi connectivity index (χ4n) is 6.29. The normalized spacial score (nSPS) is 14.1. The second-order valence-electron chi connectivity index (χ2n) is 11.7. The van der Waals surface area contributed by atoms with Gasteiger partial charge in [-0.05, 0) is 81.4 Å². The largest absolute Gasteiger partial charge is 0.478 e. The number of piperidine rings is 1. The number of rotatable bonds is 10. The highest BCUT2D eigenvalue weighted by Gasteiger charge is 2.24. The van der Waals surface area contributed by atoms with Crippen molar-refractivity contribution in [3.8, 4) is 11.9 Å². The molecule has 0 spiro atoms. The Morgan fingerprint density at radius 3 is 2.72 bits per heavy atom. The van der Waals surface area contributed by atoms with Crippen LogP contribution in [0.2, 0.25) is 0 Å². The van der Waals surface area contributed by atoms with Gasteiger partial charge < -0.3 is 19.0 Å². The number of carboxylic acids is 1. The predicted molar refractivity (Wildman–Crippen MR) is 176 cm³/mol. The second-order valence-corrected chi connectivity index (χ2v) is 12.8. The molecule has 0 amide bonds. The number of thiazole rings is 1. The number of fused-ring (bicyclic) bond motifs is 2. The number of hydrogen-bond acceptors (Lipinski definition) is 8. The van der Waals surface area contributed by atoms with Crippen LogP contribution in [0, 0.1) is 17.1 Å². The number of aromatic carboxylic acids is 1. The number of aryl methyl sites for hydroxylation is 1. The van der Waals surface area contributed by atoms with Gasteiger partial charge in [0.1, 0.15) is 23.0 Å². The van der Waals surface area contributed by atoms with E-state index in [1.807, 2.05) is 30.3 Å². The van der Waals surface area contributed by atoms with E-state index in [0.717, 1.165) is 60.7 Å². The number of aromatic nitrogens is 5. The lowest BCUT2D eigenvalue weighted by atomic mass is 9.93. The summed E-state index contributed by atoms with van der Waals surface area (Å²) in [5.74, 6) is 0.223. The average molecular weight is 650 g/mol. The Balaban J connectivity index is 1.03. The molecular formula is C35H32FN7O3S. The smallest absolute Gasteiger partial charge is 0.335 e. The molecular weight excluding hydrogens is 617 g/mol. The lowest BCUT2D eigenvalue weighted by Gasteiger charge is -2.31. The van der Waals surface area contributed by atoms with Crippen LogP contribution in [0.15, 0.2) is 66.9 Å². The van der Waals surface area contributed by atoms with E-state index in [1.54, 1.807) is 24.3 Å². The lowest BCUT2D eigenvalue weighted by Crippen LogP contribution is -2.33. The fourth-order valence-corrected chi connectivity index (χ4v) is 7.22. The highest BCUT2D eigenvalue weighted by atomic mass is 32.1. The molecule has 1 fully saturated rings. The van der Waals surface area contributed by atoms with Crippen LogP contribution >= 0.6 is 11.3 Å². The topological polar surface area (TPSA) is 122 Å². The molecule has 0 saturated carbocycles. The third kappa shape index (κ3) is 6.32. The molecule has 0 radical (unpaired) electrons. The number of benzene rings is 2. The Kier molecular flexibility index (Phi) is 8.41. The van der Waals surface area contributed by atoms with Gasteiger partial charge >= 0.3 is 5.97 Å². The van der Waals surface area contributed by atoms with Crippen molar-refractivity contribution < 1.29 is 19.0 Å². The zero-order valence-electron chi connectivity index (χ0n) is 25.8. The van der Waals surface area contributed by atoms with E-state index in [0.29, 0.717) is 28.7 Å². The molecule has 1 aliphatic rings. The molecule has 0 bridgehead atoms. The van der Waals surface area contributed by atoms with E-state index in [1.165, 1.54) is 17.4 Å². The summed E-state index contributed by atoms with van der Waals surface area (Å²) in [6.07, 6.45) is 3.91. The van der Waals surface area contributed by atoms with Gasteiger partial charge in [0.15, 0.2) is 5.82 Å². The van der Waals surface area contributed by atoms with Gasteiger partial charge in [0, 0.05) is 36.1 Å². The second kappa shape index (κ2) is 12.9. The summed E-state index contributed by atoms with van der Waals surface area (Å²) in [5.41, 5.74) is 4.49. The van der Waals surface area contributed by atoms with Gasteiger partial charge in [-0.3, -0.25) is 4.90 Å². The van der Waals surface area contributed by atoms with E-state index in [9.17, 15) is 14.3 Å². The molecule has 238 valence electrons. The summed E-state index contributed by atoms with van der Waals surface area (Å²) < 4.78 is 25.3. The van der Waals surface area contributed by atoms with Crippen molar-refractivity contribution >= 4 is 38.6 Å². The van der Waals surface area contributed by atoms with Crippen LogP contribution in [-0.4, -0.2) is 53.2 Å². The van der Waals surface area contributed by atoms with Crippen molar-refractivity contribution in [3.05, 3.63) is 106 Å². The van der Waals surface area contributed by atoms with Crippen molar-refractivity contribution in [2.45, 2.75) is 51.9 Å². The summed E-state index contributed by atoms with van der Waals surface area (Å²) in [7, 11) is 0. The molecule has 6 aromatic rings. The summed E-state index contributed by atoms with van der Waals surface area (Å²) in [6.45, 7) is 6.12. The fraction of sp³-hybridized carbons (Fsp3) is 0.286. The third-order valence-electron chi connectivity index (χ3n) is 8.74. The minimum absolute atomic E-state index is 0.160. The van der Waals surface area contributed by atoms with E-state index in [4.69, 9.17) is 20.0 Å². The molecule has 2 aromatic carbocycles. The van der Waals surface area contributed by atoms with Gasteiger partial charge in [0.25, 0.3) is 0 Å². The molecule has 0 unspecified atom stereocenters. The Bertz CT molecular complexity index is 2140. The predicted octanol–water partition coefficient (Wildman–Crippen LogP) is 6.58. The molecule has 7 rings (SSSR count). The number of likely N-dealkylation sites (tertiary alicyclic amines) is 1. The molecule has 4 aromatic heterocycles. The summed E-state index contributed by atoms with van der Waals surface area (Å²) in [6, 6.07) is 19.9. The van der Waals surface area contributed by atoms with Gasteiger partial charge in [0.05, 0.1) is 46.0 Å². The van der Waals surface area contributed by atoms with Gasteiger partial charge in [-0.15, -0.1) is 11.3 Å². The first kappa shape index (κ1) is 30.5. The molecule has 1 N–H and O–H groups in total. The molecule has 10 nitrogen and oxygen atoms in total. The van der Waals surface area contributed by atoms with Crippen molar-refractivity contribution in [2.24, 2.45) is 0 Å². The number of ether oxygens (including phenoxy) is 1. The Hall–Kier alpha value is -5.12. The number of pyridine rings is 1. The maximum absolute atomic E-state index is 14.3. The first-order valence-corrected chi connectivity index (χ1v) is 16.4. The summed E-state index contributed by atoms with van der Waals surface area (Å²) >= 11 is 1.31. The Morgan fingerprint density at radius 2 is 1.94 bits per heavy atom. The monoisotopic (exact) mass is 649 g/mol. The minimum Gasteiger partial charge on any atom is -0.478 e. The Labute approximate surface area is 274 Å². The van der Waals surface area contributed by atoms with Gasteiger partial charge in [-0.2, -0.15) is 5.26 Å². The average Bonchev–Trinajstić information content (AvgIpc) is 3.81. The zero-order chi connectivity index (χ0) is 32.5. The minimum atomic E-state index is -0.953. The molecule has 5 heterocycles. The summed E-state index contributed by atoms with van der Waals surface area (Å²) in [4.78, 5) is 28.3. The first-order chi connectivity index (χ1) is 22.9. The molecule has 47 heavy (non-hydrogen) atoms. The summed E-state index contributed by atoms with van der Waals surface area (Å²) in [5, 5.41) is 19.4. The molecule has 0 atom stereocenters. The van der Waals surface area contributed by atoms with Gasteiger partial charge in [-0.1, -0.05) is 6.07 Å². The van der Waals surface area contributed by atoms with Crippen LogP contribution in [0.1, 0.15) is 63.8 Å². The zero-order valence-corrected chi connectivity index (χ0v) is 26.6. The van der Waals surface area contributed by atoms with Crippen LogP contribution in [0.4, 0.5) is 4.39 Å². The Morgan fingerprint density at radius 1 is 1.09 bits per heavy atom. The number of nitrogens with zero attached hydrogens (tertiary/aromatic N) is 7. The van der Waals surface area contributed by atoms with Crippen molar-refractivity contribution in [2.75, 3.05) is 13.1 Å². The molecule has 0 aliphatic carbocycles. The number of imidazole rings is 1. The quantitative estimate of drug-likeness (QED) is 0.177. The van der Waals surface area contributed by atoms with E-state index in [2.05, 4.69) is 38.2 Å². The molecule has 1 aliphatic heterocycles. The van der Waals surface area contributed by atoms with Crippen LogP contribution in [0.25, 0.3) is 21.3 Å². The first-order valence-electron chi connectivity index (χ1n) is 15.6. The van der Waals surface area contributed by atoms with Gasteiger partial charge in [-0.25, -0.2) is 24.1 Å². The standard InChI is InChI=1S/C35H32FN7O3S/c1-2-42-12-4-5-25(42)19-43-29-17-24(35(44)45)8-9-28(29)38-31(43)20-41-13-10-23(11-14-41)27-6-3-7-32(39-27)46-21-33-40-34-26(36)15-22(18-37)16-30(34)47-33/h3-9,12,15-17,23H,2,10-11,13-14,19-21H2,1H3,(H,44,45). The number of carboxylic acid groups (broad SMARTS) is 1. The lowest BCUT2D eigenvalue weighted by molar-refractivity contribution is 0.0697. The number of halogens is 1. The third-order valence-corrected chi connectivity index (χ3v) is 9.72. The van der Waals surface area contributed by atoms with Gasteiger partial charge in [0.2, 0.25) is 5.88 Å². The number of carbonyl (C=O) groups is 1. The SMILES string of the molecule is CCn1cccc1Cn1c(CN2CCC(c3cccc(OCc4nc5c(F)cc(C#N)cc5s4)n3)CC2)nc2ccc(C(=O)O)cc21. The molecule has 12 heteroatoms. The number of hydrogen-bond donors (Lipinski definition) is 1. The van der Waals surface area contributed by atoms with E-state index in [-0.39, 0.29) is 29.2 Å². The van der Waals surface area contributed by atoms with Crippen LogP contribution in [-0.2, 0) is 26.2 Å². The van der Waals surface area contributed by atoms with Crippen LogP contribution < -0.4 is 4.74 Å². The van der Waals surface area contributed by atoms with Crippen molar-refractivity contribution in [3.63, 3.8) is 0 Å². The van der Waals surface area contributed by atoms with Crippen LogP contribution in [0.3, 0.4) is 0 Å². The van der Waals surface area contributed by atoms with Crippen molar-refractivity contribution in [1.82, 2.24) is 29.0 Å². The van der Waals surface area contributed by atoms with Crippen LogP contribution in [0.5, 0.6) is 5.88 Å². The molecule has 1 saturated heterocycles. The van der Waals surface area contributed by atoms with E-state index >= 15 is 0 Å². The number of nitriles is 1. The highest BCUT2D eigenvalue weighted by molar-refractivity contribution is 7.18.